The number of fused-ring (bicyclic) bond motifs is 1. The Morgan fingerprint density at radius 1 is 0.597 bits per heavy atom. The van der Waals surface area contributed by atoms with Crippen molar-refractivity contribution in [3.05, 3.63) is 190 Å². The summed E-state index contributed by atoms with van der Waals surface area (Å²) in [7, 11) is 0. The third kappa shape index (κ3) is 15.3. The number of hydrogen-bond acceptors (Lipinski definition) is 15. The predicted molar refractivity (Wildman–Crippen MR) is 282 cm³/mol. The maximum absolute atomic E-state index is 13.5. The normalized spacial score (nSPS) is 29.9. The lowest BCUT2D eigenvalue weighted by atomic mass is 9.95. The van der Waals surface area contributed by atoms with Gasteiger partial charge < -0.3 is 61.6 Å². The maximum atomic E-state index is 13.5. The molecular weight excluding hydrogens is 1060 g/mol. The first-order valence-electron chi connectivity index (χ1n) is 25.5. The summed E-state index contributed by atoms with van der Waals surface area (Å²) in [6.45, 7) is 6.22. The van der Waals surface area contributed by atoms with Crippen molar-refractivity contribution in [1.29, 1.82) is 0 Å². The number of ether oxygens (including phenoxy) is 13. The zero-order valence-corrected chi connectivity index (χ0v) is 44.9. The molecule has 5 aromatic rings. The SMILES string of the molecule is CC1O[C@@H](OC2C(OCc3ccccc3)C(N=[N+]=[N-])[C@@H](COCc3ccccc3)O[C@H]2OC(=O)C(Cl)(Cl)Cl)C2OC(C)(C)OC2[C@H]1O[C@@H]1OC[C@@H](OCc2ccccc2)C(OCc2ccccc2)C1OCc1ccccc1. The average molecular weight is 1120 g/mol. The third-order valence-corrected chi connectivity index (χ3v) is 13.8. The monoisotopic (exact) mass is 1120 g/mol. The van der Waals surface area contributed by atoms with Gasteiger partial charge >= 0.3 is 5.97 Å². The maximum Gasteiger partial charge on any atom is 0.360 e. The van der Waals surface area contributed by atoms with Gasteiger partial charge in [0.1, 0.15) is 48.8 Å². The number of halogens is 3. The Morgan fingerprint density at radius 3 is 1.58 bits per heavy atom. The first kappa shape index (κ1) is 57.0. The lowest BCUT2D eigenvalue weighted by Crippen LogP contribution is -2.65. The number of nitrogens with zero attached hydrogens (tertiary/aromatic N) is 3. The molecule has 4 heterocycles. The van der Waals surface area contributed by atoms with Crippen molar-refractivity contribution >= 4 is 40.8 Å². The van der Waals surface area contributed by atoms with E-state index in [9.17, 15) is 10.3 Å². The number of carbonyl (C=O) groups excluding carboxylic acids is 1. The highest BCUT2D eigenvalue weighted by Gasteiger charge is 2.60. The van der Waals surface area contributed by atoms with E-state index >= 15 is 0 Å². The molecule has 0 bridgehead atoms. The van der Waals surface area contributed by atoms with Crippen molar-refractivity contribution in [1.82, 2.24) is 0 Å². The van der Waals surface area contributed by atoms with E-state index in [1.807, 2.05) is 152 Å². The summed E-state index contributed by atoms with van der Waals surface area (Å²) in [6.07, 6.45) is -13.4. The molecule has 0 spiro atoms. The standard InChI is InChI=1S/C57H62Cl3N3O14/c1-36-45(73-52-49(69-33-41-27-17-8-18-28-41)46(67-31-39-23-13-6-14-24-39)43(35-70-52)66-30-38-21-11-5-12-22-38)48-51(77-56(2,3)76-48)54(71-36)74-50-47(68-32-40-25-15-7-16-26-40)44(62-63-61)42(34-65-29-37-19-9-4-10-20-37)72-53(50)75-55(64)57(58,59)60/h4-28,36,42-54H,29-35H2,1-3H3/t36?,42-,43-,44?,45+,46?,47?,48?,49?,50?,51?,52+,53+,54+/m1/s1. The van der Waals surface area contributed by atoms with Crippen LogP contribution in [0.2, 0.25) is 0 Å². The fraction of sp³-hybridized carbons (Fsp3) is 0.456. The smallest absolute Gasteiger partial charge is 0.360 e. The summed E-state index contributed by atoms with van der Waals surface area (Å²) >= 11 is 18.3. The minimum atomic E-state index is -2.53. The summed E-state index contributed by atoms with van der Waals surface area (Å²) in [5.41, 5.74) is 14.6. The molecule has 77 heavy (non-hydrogen) atoms. The van der Waals surface area contributed by atoms with Crippen molar-refractivity contribution in [3.63, 3.8) is 0 Å². The Bertz CT molecular complexity index is 2650. The van der Waals surface area contributed by atoms with Gasteiger partial charge in [-0.2, -0.15) is 0 Å². The van der Waals surface area contributed by atoms with Crippen LogP contribution < -0.4 is 0 Å². The van der Waals surface area contributed by atoms with Crippen LogP contribution in [0.4, 0.5) is 0 Å². The van der Waals surface area contributed by atoms with Crippen LogP contribution in [0, 0.1) is 0 Å². The van der Waals surface area contributed by atoms with E-state index < -0.39 is 102 Å². The number of carbonyl (C=O) groups is 1. The van der Waals surface area contributed by atoms with E-state index in [0.29, 0.717) is 6.61 Å². The van der Waals surface area contributed by atoms with Gasteiger partial charge in [-0.3, -0.25) is 0 Å². The van der Waals surface area contributed by atoms with Crippen molar-refractivity contribution in [2.24, 2.45) is 5.11 Å². The van der Waals surface area contributed by atoms with Crippen molar-refractivity contribution in [2.75, 3.05) is 13.2 Å². The Hall–Kier alpha value is -4.73. The minimum Gasteiger partial charge on any atom is -0.430 e. The van der Waals surface area contributed by atoms with E-state index in [1.54, 1.807) is 20.8 Å². The van der Waals surface area contributed by atoms with Gasteiger partial charge in [0.2, 0.25) is 6.29 Å². The summed E-state index contributed by atoms with van der Waals surface area (Å²) in [5, 5.41) is 4.17. The second kappa shape index (κ2) is 27.0. The molecule has 17 nitrogen and oxygen atoms in total. The van der Waals surface area contributed by atoms with Crippen LogP contribution in [0.5, 0.6) is 0 Å². The van der Waals surface area contributed by atoms with Crippen LogP contribution in [0.1, 0.15) is 48.6 Å². The predicted octanol–water partition coefficient (Wildman–Crippen LogP) is 10.3. The molecule has 20 heteroatoms. The molecule has 4 aliphatic rings. The molecular formula is C57H62Cl3N3O14. The third-order valence-electron chi connectivity index (χ3n) is 13.3. The largest absolute Gasteiger partial charge is 0.430 e. The number of esters is 1. The molecule has 0 N–H and O–H groups in total. The van der Waals surface area contributed by atoms with Crippen molar-refractivity contribution < 1.29 is 66.4 Å². The van der Waals surface area contributed by atoms with Gasteiger partial charge in [-0.1, -0.05) is 192 Å². The topological polar surface area (TPSA) is 186 Å². The quantitative estimate of drug-likeness (QED) is 0.0209. The van der Waals surface area contributed by atoms with Crippen LogP contribution in [0.15, 0.2) is 157 Å². The number of alkyl halides is 3. The fourth-order valence-electron chi connectivity index (χ4n) is 9.68. The molecule has 4 saturated heterocycles. The van der Waals surface area contributed by atoms with Gasteiger partial charge in [0.25, 0.3) is 3.79 Å². The van der Waals surface area contributed by atoms with Gasteiger partial charge in [-0.15, -0.1) is 0 Å². The number of benzene rings is 5. The van der Waals surface area contributed by atoms with Crippen LogP contribution in [0.3, 0.4) is 0 Å². The lowest BCUT2D eigenvalue weighted by molar-refractivity contribution is -0.364. The summed E-state index contributed by atoms with van der Waals surface area (Å²) in [4.78, 5) is 16.7. The Balaban J connectivity index is 1.01. The van der Waals surface area contributed by atoms with Gasteiger partial charge in [-0.25, -0.2) is 4.79 Å². The number of hydrogen-bond donors (Lipinski definition) is 0. The highest BCUT2D eigenvalue weighted by atomic mass is 35.6. The average Bonchev–Trinajstić information content (AvgIpc) is 3.84. The molecule has 9 rings (SSSR count). The second-order valence-electron chi connectivity index (χ2n) is 19.4. The Labute approximate surface area is 462 Å². The van der Waals surface area contributed by atoms with Gasteiger partial charge in [0.05, 0.1) is 64.5 Å². The zero-order chi connectivity index (χ0) is 53.8. The van der Waals surface area contributed by atoms with E-state index in [0.717, 1.165) is 27.8 Å². The first-order chi connectivity index (χ1) is 37.3. The highest BCUT2D eigenvalue weighted by molar-refractivity contribution is 6.75. The number of rotatable bonds is 22. The van der Waals surface area contributed by atoms with Gasteiger partial charge in [0, 0.05) is 4.91 Å². The summed E-state index contributed by atoms with van der Waals surface area (Å²) in [6, 6.07) is 47.1. The van der Waals surface area contributed by atoms with Crippen molar-refractivity contribution in [2.45, 2.75) is 149 Å². The summed E-state index contributed by atoms with van der Waals surface area (Å²) in [5.74, 6) is -2.47. The molecule has 0 amide bonds. The molecule has 8 unspecified atom stereocenters. The number of azide groups is 1. The molecule has 5 aromatic carbocycles. The Kier molecular flexibility index (Phi) is 19.9. The fourth-order valence-corrected chi connectivity index (χ4v) is 9.81. The van der Waals surface area contributed by atoms with Gasteiger partial charge in [-0.05, 0) is 54.1 Å². The van der Waals surface area contributed by atoms with E-state index in [2.05, 4.69) is 10.0 Å². The first-order valence-corrected chi connectivity index (χ1v) is 26.6. The highest BCUT2D eigenvalue weighted by Crippen LogP contribution is 2.43. The molecule has 410 valence electrons. The van der Waals surface area contributed by atoms with Gasteiger partial charge in [0.15, 0.2) is 18.4 Å². The van der Waals surface area contributed by atoms with E-state index in [4.69, 9.17) is 96.4 Å². The van der Waals surface area contributed by atoms with Crippen LogP contribution in [-0.4, -0.2) is 115 Å². The molecule has 0 aromatic heterocycles. The van der Waals surface area contributed by atoms with Crippen LogP contribution >= 0.6 is 34.8 Å². The minimum absolute atomic E-state index is 0.00513. The molecule has 0 radical (unpaired) electrons. The Morgan fingerprint density at radius 2 is 1.06 bits per heavy atom. The molecule has 0 aliphatic carbocycles. The van der Waals surface area contributed by atoms with E-state index in [-0.39, 0.29) is 39.6 Å². The van der Waals surface area contributed by atoms with Crippen LogP contribution in [-0.2, 0) is 99.4 Å². The summed E-state index contributed by atoms with van der Waals surface area (Å²) < 4.78 is 83.3. The van der Waals surface area contributed by atoms with E-state index in [1.165, 1.54) is 0 Å². The molecule has 4 fully saturated rings. The molecule has 4 aliphatic heterocycles. The molecule has 0 saturated carbocycles. The second-order valence-corrected chi connectivity index (χ2v) is 21.7. The van der Waals surface area contributed by atoms with Crippen LogP contribution in [0.25, 0.3) is 10.4 Å². The lowest BCUT2D eigenvalue weighted by Gasteiger charge is -2.48. The van der Waals surface area contributed by atoms with Crippen molar-refractivity contribution in [3.8, 4) is 0 Å². The zero-order valence-electron chi connectivity index (χ0n) is 42.7. The molecule has 14 atom stereocenters.